The van der Waals surface area contributed by atoms with Crippen molar-refractivity contribution in [1.82, 2.24) is 24.7 Å². The summed E-state index contributed by atoms with van der Waals surface area (Å²) in [7, 11) is 1.87. The van der Waals surface area contributed by atoms with E-state index in [1.807, 2.05) is 42.8 Å². The Balaban J connectivity index is 1.55. The molecule has 4 aromatic rings. The van der Waals surface area contributed by atoms with Crippen LogP contribution in [-0.4, -0.2) is 29.7 Å². The number of non-ortho nitro benzene ring substituents is 1. The molecule has 0 aliphatic heterocycles. The van der Waals surface area contributed by atoms with Gasteiger partial charge in [-0.15, -0.1) is 10.2 Å². The van der Waals surface area contributed by atoms with Crippen molar-refractivity contribution in [1.29, 1.82) is 0 Å². The number of hydrogen-bond donors (Lipinski definition) is 0. The number of aromatic nitrogens is 5. The van der Waals surface area contributed by atoms with E-state index in [-0.39, 0.29) is 5.69 Å². The lowest BCUT2D eigenvalue weighted by Gasteiger charge is -2.07. The molecule has 2 aromatic heterocycles. The summed E-state index contributed by atoms with van der Waals surface area (Å²) in [5.74, 6) is 1.27. The van der Waals surface area contributed by atoms with Gasteiger partial charge in [-0.05, 0) is 31.2 Å². The standard InChI is InChI=1S/C19H16N6O2S/c1-12-17(21-16-6-4-3-5-15(16)20-12)11-28-19-23-22-18(24(19)2)13-7-9-14(10-8-13)25(26)27/h3-10H,11H2,1-2H3. The van der Waals surface area contributed by atoms with Crippen LogP contribution in [-0.2, 0) is 12.8 Å². The van der Waals surface area contributed by atoms with Crippen LogP contribution in [0.1, 0.15) is 11.4 Å². The average Bonchev–Trinajstić information content (AvgIpc) is 3.07. The van der Waals surface area contributed by atoms with Crippen molar-refractivity contribution in [3.05, 3.63) is 70.0 Å². The molecule has 0 N–H and O–H groups in total. The van der Waals surface area contributed by atoms with E-state index in [0.29, 0.717) is 11.6 Å². The van der Waals surface area contributed by atoms with Gasteiger partial charge in [-0.3, -0.25) is 10.1 Å². The van der Waals surface area contributed by atoms with Gasteiger partial charge in [0.25, 0.3) is 5.69 Å². The highest BCUT2D eigenvalue weighted by molar-refractivity contribution is 7.98. The van der Waals surface area contributed by atoms with Gasteiger partial charge in [0.05, 0.1) is 27.3 Å². The number of nitro benzene ring substituents is 1. The Labute approximate surface area is 164 Å². The first-order valence-corrected chi connectivity index (χ1v) is 9.51. The molecule has 8 nitrogen and oxygen atoms in total. The van der Waals surface area contributed by atoms with E-state index in [4.69, 9.17) is 4.98 Å². The van der Waals surface area contributed by atoms with Crippen molar-refractivity contribution in [2.24, 2.45) is 7.05 Å². The fraction of sp³-hybridized carbons (Fsp3) is 0.158. The van der Waals surface area contributed by atoms with Gasteiger partial charge in [0.1, 0.15) is 0 Å². The van der Waals surface area contributed by atoms with Crippen LogP contribution in [0.5, 0.6) is 0 Å². The highest BCUT2D eigenvalue weighted by atomic mass is 32.2. The maximum Gasteiger partial charge on any atom is 0.269 e. The van der Waals surface area contributed by atoms with E-state index in [0.717, 1.165) is 33.1 Å². The third kappa shape index (κ3) is 3.44. The Morgan fingerprint density at radius 1 is 1.04 bits per heavy atom. The monoisotopic (exact) mass is 392 g/mol. The summed E-state index contributed by atoms with van der Waals surface area (Å²) < 4.78 is 1.87. The molecule has 0 atom stereocenters. The molecule has 0 saturated carbocycles. The zero-order valence-corrected chi connectivity index (χ0v) is 16.1. The minimum Gasteiger partial charge on any atom is -0.305 e. The van der Waals surface area contributed by atoms with Crippen molar-refractivity contribution in [3.63, 3.8) is 0 Å². The van der Waals surface area contributed by atoms with E-state index < -0.39 is 4.92 Å². The van der Waals surface area contributed by atoms with Crippen LogP contribution >= 0.6 is 11.8 Å². The molecule has 2 heterocycles. The Kier molecular flexibility index (Phi) is 4.74. The van der Waals surface area contributed by atoms with Crippen molar-refractivity contribution >= 4 is 28.5 Å². The van der Waals surface area contributed by atoms with Crippen LogP contribution in [0.25, 0.3) is 22.4 Å². The number of para-hydroxylation sites is 2. The highest BCUT2D eigenvalue weighted by Crippen LogP contribution is 2.27. The molecule has 0 aliphatic carbocycles. The maximum atomic E-state index is 10.8. The summed E-state index contributed by atoms with van der Waals surface area (Å²) in [5, 5.41) is 20.0. The highest BCUT2D eigenvalue weighted by Gasteiger charge is 2.14. The summed E-state index contributed by atoms with van der Waals surface area (Å²) >= 11 is 1.53. The smallest absolute Gasteiger partial charge is 0.269 e. The normalized spacial score (nSPS) is 11.1. The lowest BCUT2D eigenvalue weighted by molar-refractivity contribution is -0.384. The molecule has 0 aliphatic rings. The largest absolute Gasteiger partial charge is 0.305 e. The summed E-state index contributed by atoms with van der Waals surface area (Å²) in [5.41, 5.74) is 4.37. The summed E-state index contributed by atoms with van der Waals surface area (Å²) in [6, 6.07) is 14.1. The zero-order chi connectivity index (χ0) is 19.7. The molecule has 140 valence electrons. The SMILES string of the molecule is Cc1nc2ccccc2nc1CSc1nnc(-c2ccc([N+](=O)[O-])cc2)n1C. The van der Waals surface area contributed by atoms with Crippen LogP contribution < -0.4 is 0 Å². The number of hydrogen-bond acceptors (Lipinski definition) is 7. The summed E-state index contributed by atoms with van der Waals surface area (Å²) in [6.45, 7) is 1.95. The number of fused-ring (bicyclic) bond motifs is 1. The predicted molar refractivity (Wildman–Crippen MR) is 107 cm³/mol. The molecular formula is C19H16N6O2S. The molecule has 2 aromatic carbocycles. The third-order valence-corrected chi connectivity index (χ3v) is 5.38. The van der Waals surface area contributed by atoms with Crippen LogP contribution in [0, 0.1) is 17.0 Å². The zero-order valence-electron chi connectivity index (χ0n) is 15.2. The average molecular weight is 392 g/mol. The topological polar surface area (TPSA) is 99.6 Å². The van der Waals surface area contributed by atoms with Crippen molar-refractivity contribution in [2.45, 2.75) is 17.8 Å². The van der Waals surface area contributed by atoms with Crippen molar-refractivity contribution in [3.8, 4) is 11.4 Å². The quantitative estimate of drug-likeness (QED) is 0.288. The predicted octanol–water partition coefficient (Wildman–Crippen LogP) is 3.93. The summed E-state index contributed by atoms with van der Waals surface area (Å²) in [6.07, 6.45) is 0. The van der Waals surface area contributed by atoms with E-state index in [9.17, 15) is 10.1 Å². The fourth-order valence-corrected chi connectivity index (χ4v) is 3.74. The lowest BCUT2D eigenvalue weighted by atomic mass is 10.2. The van der Waals surface area contributed by atoms with Gasteiger partial charge in [-0.1, -0.05) is 23.9 Å². The second kappa shape index (κ2) is 7.35. The Morgan fingerprint density at radius 3 is 2.39 bits per heavy atom. The minimum atomic E-state index is -0.422. The van der Waals surface area contributed by atoms with E-state index in [1.165, 1.54) is 23.9 Å². The second-order valence-electron chi connectivity index (χ2n) is 6.20. The fourth-order valence-electron chi connectivity index (χ4n) is 2.82. The first-order chi connectivity index (χ1) is 13.5. The molecule has 0 bridgehead atoms. The number of nitro groups is 1. The van der Waals surface area contributed by atoms with E-state index in [2.05, 4.69) is 15.2 Å². The Bertz CT molecular complexity index is 1170. The first kappa shape index (κ1) is 18.1. The van der Waals surface area contributed by atoms with Gasteiger partial charge >= 0.3 is 0 Å². The Morgan fingerprint density at radius 2 is 1.71 bits per heavy atom. The molecule has 0 saturated heterocycles. The minimum absolute atomic E-state index is 0.0471. The van der Waals surface area contributed by atoms with Gasteiger partial charge in [-0.2, -0.15) is 0 Å². The first-order valence-electron chi connectivity index (χ1n) is 8.52. The molecule has 0 radical (unpaired) electrons. The van der Waals surface area contributed by atoms with E-state index >= 15 is 0 Å². The van der Waals surface area contributed by atoms with Crippen LogP contribution in [0.2, 0.25) is 0 Å². The molecular weight excluding hydrogens is 376 g/mol. The summed E-state index contributed by atoms with van der Waals surface area (Å²) in [4.78, 5) is 19.7. The molecule has 4 rings (SSSR count). The number of benzene rings is 2. The van der Waals surface area contributed by atoms with Crippen LogP contribution in [0.3, 0.4) is 0 Å². The van der Waals surface area contributed by atoms with Crippen molar-refractivity contribution < 1.29 is 4.92 Å². The van der Waals surface area contributed by atoms with Crippen LogP contribution in [0.4, 0.5) is 5.69 Å². The molecule has 0 spiro atoms. The molecule has 0 amide bonds. The maximum absolute atomic E-state index is 10.8. The second-order valence-corrected chi connectivity index (χ2v) is 7.14. The molecule has 28 heavy (non-hydrogen) atoms. The van der Waals surface area contributed by atoms with Crippen LogP contribution in [0.15, 0.2) is 53.7 Å². The van der Waals surface area contributed by atoms with Crippen molar-refractivity contribution in [2.75, 3.05) is 0 Å². The molecule has 9 heteroatoms. The van der Waals surface area contributed by atoms with Gasteiger partial charge < -0.3 is 4.57 Å². The molecule has 0 unspecified atom stereocenters. The number of nitrogens with zero attached hydrogens (tertiary/aromatic N) is 6. The third-order valence-electron chi connectivity index (χ3n) is 4.35. The van der Waals surface area contributed by atoms with Gasteiger partial charge in [0.15, 0.2) is 11.0 Å². The Hall–Kier alpha value is -3.33. The van der Waals surface area contributed by atoms with E-state index in [1.54, 1.807) is 12.1 Å². The van der Waals surface area contributed by atoms with Gasteiger partial charge in [0, 0.05) is 30.5 Å². The van der Waals surface area contributed by atoms with Gasteiger partial charge in [-0.25, -0.2) is 9.97 Å². The van der Waals surface area contributed by atoms with Gasteiger partial charge in [0.2, 0.25) is 0 Å². The number of rotatable bonds is 5. The number of aryl methyl sites for hydroxylation is 1. The lowest BCUT2D eigenvalue weighted by Crippen LogP contribution is -1.99. The molecule has 0 fully saturated rings. The number of thioether (sulfide) groups is 1.